The summed E-state index contributed by atoms with van der Waals surface area (Å²) >= 11 is 1.33. The number of hydrogen-bond acceptors (Lipinski definition) is 4. The van der Waals surface area contributed by atoms with Gasteiger partial charge in [0.2, 0.25) is 0 Å². The largest absolute Gasteiger partial charge is 0.496 e. The molecule has 1 N–H and O–H groups in total. The maximum atomic E-state index is 13.6. The Labute approximate surface area is 184 Å². The molecule has 0 saturated carbocycles. The van der Waals surface area contributed by atoms with Gasteiger partial charge in [-0.2, -0.15) is 0 Å². The van der Waals surface area contributed by atoms with Gasteiger partial charge in [0.15, 0.2) is 0 Å². The molecule has 2 aromatic carbocycles. The minimum atomic E-state index is -0.403. The summed E-state index contributed by atoms with van der Waals surface area (Å²) in [7, 11) is 1.45. The molecule has 3 rings (SSSR count). The van der Waals surface area contributed by atoms with Gasteiger partial charge in [0.1, 0.15) is 11.6 Å². The highest BCUT2D eigenvalue weighted by Gasteiger charge is 2.30. The number of halogens is 1. The number of nitrogens with zero attached hydrogens (tertiary/aromatic N) is 1. The minimum Gasteiger partial charge on any atom is -0.496 e. The van der Waals surface area contributed by atoms with E-state index in [4.69, 9.17) is 4.74 Å². The minimum absolute atomic E-state index is 0.0983. The maximum absolute atomic E-state index is 13.6. The van der Waals surface area contributed by atoms with Crippen LogP contribution < -0.4 is 10.1 Å². The lowest BCUT2D eigenvalue weighted by Gasteiger charge is -2.35. The quantitative estimate of drug-likeness (QED) is 0.641. The second-order valence-corrected chi connectivity index (χ2v) is 8.88. The predicted octanol–water partition coefficient (Wildman–Crippen LogP) is 5.16. The molecule has 0 spiro atoms. The standard InChI is InChI=1S/C17H25FN2O2S.C7H8/c1-17(2,20-7-5-6-8-20)11-19-16(21)15-13(22-3)9-12(18)10-14(15)23-4;1-7-5-3-2-4-6-7/h9-10H,5-8,11H2,1-4H3,(H,19,21);2-6H,1H3. The number of rotatable bonds is 6. The molecule has 1 heterocycles. The van der Waals surface area contributed by atoms with Crippen molar-refractivity contribution < 1.29 is 13.9 Å². The van der Waals surface area contributed by atoms with E-state index in [-0.39, 0.29) is 17.2 Å². The lowest BCUT2D eigenvalue weighted by Crippen LogP contribution is -2.50. The topological polar surface area (TPSA) is 41.6 Å². The summed E-state index contributed by atoms with van der Waals surface area (Å²) in [6, 6.07) is 12.9. The van der Waals surface area contributed by atoms with Crippen molar-refractivity contribution in [3.05, 3.63) is 59.4 Å². The summed E-state index contributed by atoms with van der Waals surface area (Å²) < 4.78 is 18.8. The smallest absolute Gasteiger partial charge is 0.256 e. The molecule has 0 bridgehead atoms. The van der Waals surface area contributed by atoms with E-state index >= 15 is 0 Å². The normalized spacial score (nSPS) is 14.1. The molecule has 2 aromatic rings. The third-order valence-electron chi connectivity index (χ3n) is 5.28. The summed E-state index contributed by atoms with van der Waals surface area (Å²) in [6.07, 6.45) is 4.23. The van der Waals surface area contributed by atoms with E-state index in [9.17, 15) is 9.18 Å². The van der Waals surface area contributed by atoms with Gasteiger partial charge in [0, 0.05) is 23.0 Å². The Kier molecular flexibility index (Phi) is 9.18. The summed E-state index contributed by atoms with van der Waals surface area (Å²) in [5.41, 5.74) is 1.62. The summed E-state index contributed by atoms with van der Waals surface area (Å²) in [6.45, 7) is 9.03. The van der Waals surface area contributed by atoms with Crippen LogP contribution in [0.15, 0.2) is 47.4 Å². The molecule has 0 atom stereocenters. The molecule has 6 heteroatoms. The highest BCUT2D eigenvalue weighted by atomic mass is 32.2. The molecular formula is C24H33FN2O2S. The van der Waals surface area contributed by atoms with E-state index in [2.05, 4.69) is 43.1 Å². The van der Waals surface area contributed by atoms with Crippen molar-refractivity contribution in [2.45, 2.75) is 44.0 Å². The Morgan fingerprint density at radius 1 is 1.20 bits per heavy atom. The van der Waals surface area contributed by atoms with Crippen LogP contribution in [-0.4, -0.2) is 49.3 Å². The number of carbonyl (C=O) groups is 1. The Morgan fingerprint density at radius 2 is 1.83 bits per heavy atom. The zero-order valence-electron chi connectivity index (χ0n) is 18.6. The lowest BCUT2D eigenvalue weighted by molar-refractivity contribution is 0.0896. The van der Waals surface area contributed by atoms with Crippen molar-refractivity contribution in [1.82, 2.24) is 10.2 Å². The molecule has 1 fully saturated rings. The first-order valence-electron chi connectivity index (χ1n) is 10.2. The third kappa shape index (κ3) is 6.74. The van der Waals surface area contributed by atoms with Gasteiger partial charge in [-0.05, 0) is 59.0 Å². The molecule has 1 aliphatic rings. The van der Waals surface area contributed by atoms with Crippen molar-refractivity contribution in [3.8, 4) is 5.75 Å². The van der Waals surface area contributed by atoms with Gasteiger partial charge < -0.3 is 10.1 Å². The number of amides is 1. The fourth-order valence-corrected chi connectivity index (χ4v) is 4.09. The number of nitrogens with one attached hydrogen (secondary N) is 1. The molecule has 0 aliphatic carbocycles. The van der Waals surface area contributed by atoms with Crippen molar-refractivity contribution in [3.63, 3.8) is 0 Å². The molecule has 30 heavy (non-hydrogen) atoms. The van der Waals surface area contributed by atoms with Gasteiger partial charge in [-0.15, -0.1) is 11.8 Å². The first-order valence-corrected chi connectivity index (χ1v) is 11.5. The number of thioether (sulfide) groups is 1. The first kappa shape index (κ1) is 24.2. The summed E-state index contributed by atoms with van der Waals surface area (Å²) in [4.78, 5) is 15.6. The molecule has 0 radical (unpaired) electrons. The summed E-state index contributed by atoms with van der Waals surface area (Å²) in [5, 5.41) is 2.99. The van der Waals surface area contributed by atoms with Crippen LogP contribution in [0.2, 0.25) is 0 Å². The van der Waals surface area contributed by atoms with E-state index in [1.54, 1.807) is 0 Å². The van der Waals surface area contributed by atoms with Gasteiger partial charge in [-0.1, -0.05) is 35.9 Å². The van der Waals surface area contributed by atoms with Crippen LogP contribution in [0.4, 0.5) is 4.39 Å². The van der Waals surface area contributed by atoms with Gasteiger partial charge in [-0.3, -0.25) is 9.69 Å². The van der Waals surface area contributed by atoms with E-state index in [1.165, 1.54) is 49.4 Å². The fraction of sp³-hybridized carbons (Fsp3) is 0.458. The van der Waals surface area contributed by atoms with Crippen molar-refractivity contribution in [2.75, 3.05) is 33.0 Å². The molecule has 0 unspecified atom stereocenters. The van der Waals surface area contributed by atoms with Crippen LogP contribution in [0.25, 0.3) is 0 Å². The van der Waals surface area contributed by atoms with E-state index in [0.29, 0.717) is 17.0 Å². The third-order valence-corrected chi connectivity index (χ3v) is 6.04. The van der Waals surface area contributed by atoms with Crippen LogP contribution in [0.1, 0.15) is 42.6 Å². The van der Waals surface area contributed by atoms with Gasteiger partial charge in [0.05, 0.1) is 12.7 Å². The Hall–Kier alpha value is -2.05. The molecule has 1 aliphatic heterocycles. The lowest BCUT2D eigenvalue weighted by atomic mass is 10.0. The van der Waals surface area contributed by atoms with Crippen LogP contribution in [0, 0.1) is 12.7 Å². The molecule has 1 amide bonds. The Bertz CT molecular complexity index is 796. The van der Waals surface area contributed by atoms with Crippen LogP contribution in [0.5, 0.6) is 5.75 Å². The SMILES string of the molecule is COc1cc(F)cc(SC)c1C(=O)NCC(C)(C)N1CCCC1.Cc1ccccc1. The number of aryl methyl sites for hydroxylation is 1. The zero-order valence-corrected chi connectivity index (χ0v) is 19.4. The number of carbonyl (C=O) groups excluding carboxylic acids is 1. The highest BCUT2D eigenvalue weighted by molar-refractivity contribution is 7.98. The van der Waals surface area contributed by atoms with Gasteiger partial charge in [-0.25, -0.2) is 4.39 Å². The average molecular weight is 433 g/mol. The molecule has 164 valence electrons. The number of ether oxygens (including phenoxy) is 1. The maximum Gasteiger partial charge on any atom is 0.256 e. The van der Waals surface area contributed by atoms with Crippen LogP contribution in [-0.2, 0) is 0 Å². The first-order chi connectivity index (χ1) is 14.3. The molecule has 0 aromatic heterocycles. The molecular weight excluding hydrogens is 399 g/mol. The van der Waals surface area contributed by atoms with E-state index < -0.39 is 5.82 Å². The van der Waals surface area contributed by atoms with Crippen LogP contribution >= 0.6 is 11.8 Å². The highest BCUT2D eigenvalue weighted by Crippen LogP contribution is 2.30. The predicted molar refractivity (Wildman–Crippen MR) is 123 cm³/mol. The van der Waals surface area contributed by atoms with Crippen molar-refractivity contribution in [1.29, 1.82) is 0 Å². The molecule has 4 nitrogen and oxygen atoms in total. The van der Waals surface area contributed by atoms with E-state index in [1.807, 2.05) is 24.5 Å². The van der Waals surface area contributed by atoms with Crippen molar-refractivity contribution >= 4 is 17.7 Å². The number of methoxy groups -OCH3 is 1. The second kappa shape index (κ2) is 11.4. The van der Waals surface area contributed by atoms with Crippen LogP contribution in [0.3, 0.4) is 0 Å². The molecule has 1 saturated heterocycles. The van der Waals surface area contributed by atoms with Gasteiger partial charge in [0.25, 0.3) is 5.91 Å². The fourth-order valence-electron chi connectivity index (χ4n) is 3.46. The average Bonchev–Trinajstić information content (AvgIpc) is 3.28. The van der Waals surface area contributed by atoms with E-state index in [0.717, 1.165) is 13.1 Å². The Balaban J connectivity index is 0.000000386. The number of benzene rings is 2. The van der Waals surface area contributed by atoms with Crippen molar-refractivity contribution in [2.24, 2.45) is 0 Å². The Morgan fingerprint density at radius 3 is 2.33 bits per heavy atom. The monoisotopic (exact) mass is 432 g/mol. The number of likely N-dealkylation sites (tertiary alicyclic amines) is 1. The summed E-state index contributed by atoms with van der Waals surface area (Å²) in [5.74, 6) is -0.357. The van der Waals surface area contributed by atoms with Gasteiger partial charge >= 0.3 is 0 Å². The number of hydrogen-bond donors (Lipinski definition) is 1. The zero-order chi connectivity index (χ0) is 22.1. The second-order valence-electron chi connectivity index (χ2n) is 8.03.